The fourth-order valence-corrected chi connectivity index (χ4v) is 2.65. The van der Waals surface area contributed by atoms with E-state index >= 15 is 0 Å². The molecule has 1 aromatic carbocycles. The van der Waals surface area contributed by atoms with E-state index in [4.69, 9.17) is 0 Å². The highest BCUT2D eigenvalue weighted by Crippen LogP contribution is 2.28. The van der Waals surface area contributed by atoms with Gasteiger partial charge in [0.1, 0.15) is 0 Å². The molecule has 1 N–H and O–H groups in total. The molecule has 0 unspecified atom stereocenters. The van der Waals surface area contributed by atoms with Gasteiger partial charge >= 0.3 is 6.18 Å². The van der Waals surface area contributed by atoms with Crippen molar-refractivity contribution in [1.82, 2.24) is 9.78 Å². The van der Waals surface area contributed by atoms with Gasteiger partial charge in [0.05, 0.1) is 0 Å². The van der Waals surface area contributed by atoms with Crippen LogP contribution in [0, 0.1) is 6.92 Å². The molecule has 1 aromatic heterocycles. The molecule has 5 nitrogen and oxygen atoms in total. The minimum atomic E-state index is -4.48. The minimum absolute atomic E-state index is 0.0393. The van der Waals surface area contributed by atoms with Gasteiger partial charge in [-0.15, -0.1) is 0 Å². The summed E-state index contributed by atoms with van der Waals surface area (Å²) in [4.78, 5) is 14.2. The van der Waals surface area contributed by atoms with E-state index in [2.05, 4.69) is 29.2 Å². The Morgan fingerprint density at radius 1 is 1.19 bits per heavy atom. The summed E-state index contributed by atoms with van der Waals surface area (Å²) in [6.07, 6.45) is -4.44. The first-order valence-corrected chi connectivity index (χ1v) is 8.51. The topological polar surface area (TPSA) is 50.2 Å². The van der Waals surface area contributed by atoms with Crippen LogP contribution in [-0.2, 0) is 17.5 Å². The van der Waals surface area contributed by atoms with Gasteiger partial charge in [-0.1, -0.05) is 0 Å². The predicted molar refractivity (Wildman–Crippen MR) is 95.2 cm³/mol. The lowest BCUT2D eigenvalue weighted by Gasteiger charge is -2.21. The number of nitrogens with one attached hydrogen (secondary N) is 1. The van der Waals surface area contributed by atoms with E-state index in [-0.39, 0.29) is 18.9 Å². The molecule has 8 heteroatoms. The minimum Gasteiger partial charge on any atom is -0.372 e. The molecule has 0 fully saturated rings. The number of hydrogen-bond donors (Lipinski definition) is 1. The molecular weight excluding hydrogens is 345 g/mol. The van der Waals surface area contributed by atoms with Crippen LogP contribution in [0.25, 0.3) is 0 Å². The van der Waals surface area contributed by atoms with Gasteiger partial charge in [0, 0.05) is 43.1 Å². The largest absolute Gasteiger partial charge is 0.435 e. The summed E-state index contributed by atoms with van der Waals surface area (Å²) >= 11 is 0. The Hall–Kier alpha value is -2.51. The van der Waals surface area contributed by atoms with Crippen molar-refractivity contribution in [3.8, 4) is 0 Å². The Kier molecular flexibility index (Phi) is 6.28. The number of aromatic nitrogens is 2. The fraction of sp³-hybridized carbons (Fsp3) is 0.444. The second kappa shape index (κ2) is 8.25. The second-order valence-corrected chi connectivity index (χ2v) is 5.91. The Labute approximate surface area is 150 Å². The van der Waals surface area contributed by atoms with Crippen molar-refractivity contribution in [3.05, 3.63) is 41.7 Å². The first-order chi connectivity index (χ1) is 12.2. The second-order valence-electron chi connectivity index (χ2n) is 5.91. The number of amides is 1. The molecule has 0 spiro atoms. The monoisotopic (exact) mass is 368 g/mol. The van der Waals surface area contributed by atoms with Crippen molar-refractivity contribution < 1.29 is 18.0 Å². The lowest BCUT2D eigenvalue weighted by atomic mass is 10.2. The van der Waals surface area contributed by atoms with E-state index in [1.807, 2.05) is 24.3 Å². The smallest absolute Gasteiger partial charge is 0.372 e. The number of rotatable bonds is 7. The fourth-order valence-electron chi connectivity index (χ4n) is 2.65. The number of aryl methyl sites for hydroxylation is 2. The van der Waals surface area contributed by atoms with Crippen LogP contribution < -0.4 is 10.2 Å². The first kappa shape index (κ1) is 19.8. The molecule has 0 aliphatic carbocycles. The number of hydrogen-bond acceptors (Lipinski definition) is 3. The zero-order valence-corrected chi connectivity index (χ0v) is 15.1. The average molecular weight is 368 g/mol. The molecule has 0 atom stereocenters. The SMILES string of the molecule is CCN(CC)c1ccc(NC(=O)CCn2nc(C(F)(F)F)cc2C)cc1. The van der Waals surface area contributed by atoms with Crippen LogP contribution >= 0.6 is 0 Å². The average Bonchev–Trinajstić information content (AvgIpc) is 2.97. The van der Waals surface area contributed by atoms with Crippen LogP contribution in [0.1, 0.15) is 31.7 Å². The van der Waals surface area contributed by atoms with Crippen LogP contribution in [0.15, 0.2) is 30.3 Å². The van der Waals surface area contributed by atoms with Crippen molar-refractivity contribution in [1.29, 1.82) is 0 Å². The molecule has 0 radical (unpaired) electrons. The summed E-state index contributed by atoms with van der Waals surface area (Å²) in [5.74, 6) is -0.274. The third-order valence-electron chi connectivity index (χ3n) is 4.10. The van der Waals surface area contributed by atoms with Crippen LogP contribution in [-0.4, -0.2) is 28.8 Å². The van der Waals surface area contributed by atoms with Gasteiger partial charge in [-0.25, -0.2) is 0 Å². The zero-order chi connectivity index (χ0) is 19.3. The molecule has 0 bridgehead atoms. The molecule has 0 saturated heterocycles. The maximum atomic E-state index is 12.6. The molecule has 0 aliphatic rings. The van der Waals surface area contributed by atoms with E-state index in [1.165, 1.54) is 11.6 Å². The van der Waals surface area contributed by atoms with E-state index < -0.39 is 11.9 Å². The summed E-state index contributed by atoms with van der Waals surface area (Å²) in [5.41, 5.74) is 1.15. The molecule has 1 heterocycles. The maximum Gasteiger partial charge on any atom is 0.435 e. The summed E-state index contributed by atoms with van der Waals surface area (Å²) in [6, 6.07) is 8.45. The molecule has 26 heavy (non-hydrogen) atoms. The van der Waals surface area contributed by atoms with Gasteiger partial charge < -0.3 is 10.2 Å². The third-order valence-corrected chi connectivity index (χ3v) is 4.10. The highest BCUT2D eigenvalue weighted by molar-refractivity contribution is 5.90. The summed E-state index contributed by atoms with van der Waals surface area (Å²) in [6.45, 7) is 7.55. The Morgan fingerprint density at radius 3 is 2.31 bits per heavy atom. The number of carbonyl (C=O) groups excluding carboxylic acids is 1. The maximum absolute atomic E-state index is 12.6. The molecule has 0 aliphatic heterocycles. The number of benzene rings is 1. The van der Waals surface area contributed by atoms with Gasteiger partial charge in [0.15, 0.2) is 5.69 Å². The number of carbonyl (C=O) groups is 1. The number of nitrogens with zero attached hydrogens (tertiary/aromatic N) is 3. The molecular formula is C18H23F3N4O. The molecule has 142 valence electrons. The van der Waals surface area contributed by atoms with Crippen molar-refractivity contribution in [2.75, 3.05) is 23.3 Å². The van der Waals surface area contributed by atoms with Crippen LogP contribution in [0.3, 0.4) is 0 Å². The Balaban J connectivity index is 1.92. The van der Waals surface area contributed by atoms with Crippen molar-refractivity contribution in [2.24, 2.45) is 0 Å². The number of alkyl halides is 3. The molecule has 1 amide bonds. The molecule has 2 rings (SSSR count). The highest BCUT2D eigenvalue weighted by Gasteiger charge is 2.34. The van der Waals surface area contributed by atoms with Crippen LogP contribution in [0.5, 0.6) is 0 Å². The van der Waals surface area contributed by atoms with Crippen molar-refractivity contribution in [3.63, 3.8) is 0 Å². The zero-order valence-electron chi connectivity index (χ0n) is 15.1. The van der Waals surface area contributed by atoms with E-state index in [1.54, 1.807) is 0 Å². The predicted octanol–water partition coefficient (Wildman–Crippen LogP) is 4.09. The standard InChI is InChI=1S/C18H23F3N4O/c1-4-24(5-2)15-8-6-14(7-9-15)22-17(26)10-11-25-13(3)12-16(23-25)18(19,20)21/h6-9,12H,4-5,10-11H2,1-3H3,(H,22,26). The summed E-state index contributed by atoms with van der Waals surface area (Å²) in [5, 5.41) is 6.27. The molecule has 2 aromatic rings. The van der Waals surface area contributed by atoms with E-state index in [0.717, 1.165) is 24.8 Å². The summed E-state index contributed by atoms with van der Waals surface area (Å²) in [7, 11) is 0. The van der Waals surface area contributed by atoms with Gasteiger partial charge in [-0.3, -0.25) is 9.48 Å². The van der Waals surface area contributed by atoms with Crippen molar-refractivity contribution >= 4 is 17.3 Å². The third kappa shape index (κ3) is 5.00. The van der Waals surface area contributed by atoms with Gasteiger partial charge in [-0.05, 0) is 51.1 Å². The van der Waals surface area contributed by atoms with Crippen molar-refractivity contribution in [2.45, 2.75) is 39.9 Å². The Morgan fingerprint density at radius 2 is 1.81 bits per heavy atom. The lowest BCUT2D eigenvalue weighted by molar-refractivity contribution is -0.141. The number of halogens is 3. The summed E-state index contributed by atoms with van der Waals surface area (Å²) < 4.78 is 39.1. The Bertz CT molecular complexity index is 734. The number of anilines is 2. The van der Waals surface area contributed by atoms with Gasteiger partial charge in [0.25, 0.3) is 0 Å². The van der Waals surface area contributed by atoms with E-state index in [0.29, 0.717) is 11.4 Å². The van der Waals surface area contributed by atoms with Gasteiger partial charge in [-0.2, -0.15) is 18.3 Å². The van der Waals surface area contributed by atoms with Crippen LogP contribution in [0.4, 0.5) is 24.5 Å². The van der Waals surface area contributed by atoms with Crippen LogP contribution in [0.2, 0.25) is 0 Å². The normalized spacial score (nSPS) is 11.5. The molecule has 0 saturated carbocycles. The van der Waals surface area contributed by atoms with Gasteiger partial charge in [0.2, 0.25) is 5.91 Å². The highest BCUT2D eigenvalue weighted by atomic mass is 19.4. The quantitative estimate of drug-likeness (QED) is 0.801. The first-order valence-electron chi connectivity index (χ1n) is 8.51. The lowest BCUT2D eigenvalue weighted by Crippen LogP contribution is -2.21. The van der Waals surface area contributed by atoms with E-state index in [9.17, 15) is 18.0 Å².